The number of ether oxygens (including phenoxy) is 1. The van der Waals surface area contributed by atoms with E-state index in [4.69, 9.17) is 27.8 Å². The number of carbonyl (C=O) groups is 2. The monoisotopic (exact) mass is 415 g/mol. The molecule has 1 heterocycles. The number of primary amides is 2. The molecule has 5 N–H and O–H groups in total. The number of hydrogen-bond acceptors (Lipinski definition) is 6. The number of anilines is 1. The average Bonchev–Trinajstić information content (AvgIpc) is 2.69. The zero-order valence-corrected chi connectivity index (χ0v) is 15.6. The van der Waals surface area contributed by atoms with Crippen LogP contribution in [-0.2, 0) is 4.79 Å². The second kappa shape index (κ2) is 8.53. The Hall–Kier alpha value is -3.72. The van der Waals surface area contributed by atoms with E-state index in [1.807, 2.05) is 0 Å². The molecule has 0 unspecified atom stereocenters. The van der Waals surface area contributed by atoms with Crippen LogP contribution in [0.3, 0.4) is 0 Å². The lowest BCUT2D eigenvalue weighted by Crippen LogP contribution is -2.23. The van der Waals surface area contributed by atoms with Crippen molar-refractivity contribution in [1.29, 1.82) is 0 Å². The third-order valence-electron chi connectivity index (χ3n) is 3.66. The summed E-state index contributed by atoms with van der Waals surface area (Å²) < 4.78 is 19.3. The van der Waals surface area contributed by atoms with E-state index in [9.17, 15) is 14.0 Å². The number of amides is 2. The molecule has 0 aliphatic rings. The van der Waals surface area contributed by atoms with Crippen LogP contribution in [0.2, 0.25) is 5.02 Å². The van der Waals surface area contributed by atoms with Crippen molar-refractivity contribution in [3.8, 4) is 22.9 Å². The number of carbonyl (C=O) groups excluding carboxylic acids is 2. The molecule has 0 aliphatic heterocycles. The summed E-state index contributed by atoms with van der Waals surface area (Å²) in [6.07, 6.45) is 0. The Morgan fingerprint density at radius 2 is 1.79 bits per heavy atom. The zero-order valence-electron chi connectivity index (χ0n) is 14.9. The predicted octanol–water partition coefficient (Wildman–Crippen LogP) is 2.72. The molecule has 0 saturated carbocycles. The van der Waals surface area contributed by atoms with Crippen LogP contribution in [0.1, 0.15) is 10.5 Å². The van der Waals surface area contributed by atoms with Gasteiger partial charge in [0.1, 0.15) is 17.3 Å². The van der Waals surface area contributed by atoms with Crippen LogP contribution in [0.4, 0.5) is 10.2 Å². The second-order valence-electron chi connectivity index (χ2n) is 5.85. The van der Waals surface area contributed by atoms with Crippen molar-refractivity contribution in [2.45, 2.75) is 0 Å². The molecule has 2 aromatic carbocycles. The molecular weight excluding hydrogens is 401 g/mol. The fourth-order valence-electron chi connectivity index (χ4n) is 2.33. The summed E-state index contributed by atoms with van der Waals surface area (Å²) in [7, 11) is 0. The molecule has 10 heteroatoms. The van der Waals surface area contributed by atoms with Gasteiger partial charge in [-0.3, -0.25) is 9.59 Å². The van der Waals surface area contributed by atoms with E-state index in [0.717, 1.165) is 0 Å². The van der Waals surface area contributed by atoms with Crippen molar-refractivity contribution in [2.24, 2.45) is 11.5 Å². The maximum absolute atomic E-state index is 13.8. The summed E-state index contributed by atoms with van der Waals surface area (Å²) >= 11 is 5.85. The number of rotatable bonds is 7. The molecule has 3 rings (SSSR count). The molecule has 29 heavy (non-hydrogen) atoms. The van der Waals surface area contributed by atoms with Crippen LogP contribution in [-0.4, -0.2) is 28.3 Å². The van der Waals surface area contributed by atoms with Crippen LogP contribution < -0.4 is 21.5 Å². The Kier molecular flexibility index (Phi) is 5.89. The first-order valence-corrected chi connectivity index (χ1v) is 8.64. The lowest BCUT2D eigenvalue weighted by Gasteiger charge is -2.10. The van der Waals surface area contributed by atoms with Gasteiger partial charge in [-0.1, -0.05) is 11.6 Å². The van der Waals surface area contributed by atoms with Crippen molar-refractivity contribution < 1.29 is 18.7 Å². The van der Waals surface area contributed by atoms with Crippen LogP contribution in [0, 0.1) is 5.82 Å². The van der Waals surface area contributed by atoms with Crippen LogP contribution in [0.5, 0.6) is 11.5 Å². The van der Waals surface area contributed by atoms with Gasteiger partial charge in [0.05, 0.1) is 6.54 Å². The molecule has 2 amide bonds. The van der Waals surface area contributed by atoms with Crippen LogP contribution in [0.15, 0.2) is 48.5 Å². The number of hydrogen-bond donors (Lipinski definition) is 3. The zero-order chi connectivity index (χ0) is 21.0. The fourth-order valence-corrected chi connectivity index (χ4v) is 2.49. The standard InChI is InChI=1S/C19H15ClFN5O3/c20-11-3-6-13(21)15(7-11)29-12-4-1-10(2-5-12)19-25-14(18(23)28)8-17(26-19)24-9-16(22)27/h1-8H,9H2,(H2,22,27)(H2,23,28)(H,24,25,26). The molecule has 0 aliphatic carbocycles. The summed E-state index contributed by atoms with van der Waals surface area (Å²) in [5, 5.41) is 3.03. The summed E-state index contributed by atoms with van der Waals surface area (Å²) in [6.45, 7) is -0.174. The lowest BCUT2D eigenvalue weighted by molar-refractivity contribution is -0.116. The average molecular weight is 416 g/mol. The Morgan fingerprint density at radius 1 is 1.07 bits per heavy atom. The normalized spacial score (nSPS) is 10.4. The van der Waals surface area contributed by atoms with E-state index in [1.54, 1.807) is 24.3 Å². The van der Waals surface area contributed by atoms with Gasteiger partial charge < -0.3 is 21.5 Å². The van der Waals surface area contributed by atoms with E-state index < -0.39 is 17.6 Å². The van der Waals surface area contributed by atoms with Gasteiger partial charge in [0.2, 0.25) is 5.91 Å². The van der Waals surface area contributed by atoms with E-state index in [2.05, 4.69) is 15.3 Å². The Labute approximate surface area is 169 Å². The number of nitrogens with one attached hydrogen (secondary N) is 1. The predicted molar refractivity (Wildman–Crippen MR) is 105 cm³/mol. The molecule has 8 nitrogen and oxygen atoms in total. The minimum atomic E-state index is -0.757. The third-order valence-corrected chi connectivity index (χ3v) is 3.89. The summed E-state index contributed by atoms with van der Waals surface area (Å²) in [6, 6.07) is 11.7. The van der Waals surface area contributed by atoms with E-state index in [-0.39, 0.29) is 29.6 Å². The molecule has 148 valence electrons. The van der Waals surface area contributed by atoms with Crippen molar-refractivity contribution in [3.05, 3.63) is 65.1 Å². The Balaban J connectivity index is 1.87. The van der Waals surface area contributed by atoms with Gasteiger partial charge in [-0.15, -0.1) is 0 Å². The summed E-state index contributed by atoms with van der Waals surface area (Å²) in [5.74, 6) is -1.17. The van der Waals surface area contributed by atoms with E-state index in [0.29, 0.717) is 16.3 Å². The van der Waals surface area contributed by atoms with E-state index in [1.165, 1.54) is 24.3 Å². The first kappa shape index (κ1) is 20.0. The van der Waals surface area contributed by atoms with E-state index >= 15 is 0 Å². The second-order valence-corrected chi connectivity index (χ2v) is 6.28. The van der Waals surface area contributed by atoms with Gasteiger partial charge in [-0.25, -0.2) is 14.4 Å². The SMILES string of the molecule is NC(=O)CNc1cc(C(N)=O)nc(-c2ccc(Oc3cc(Cl)ccc3F)cc2)n1. The molecule has 0 spiro atoms. The van der Waals surface area contributed by atoms with Crippen LogP contribution in [0.25, 0.3) is 11.4 Å². The molecule has 0 bridgehead atoms. The van der Waals surface area contributed by atoms with Crippen molar-refractivity contribution in [1.82, 2.24) is 9.97 Å². The highest BCUT2D eigenvalue weighted by Crippen LogP contribution is 2.29. The smallest absolute Gasteiger partial charge is 0.267 e. The van der Waals surface area contributed by atoms with Crippen molar-refractivity contribution in [2.75, 3.05) is 11.9 Å². The largest absolute Gasteiger partial charge is 0.454 e. The highest BCUT2D eigenvalue weighted by atomic mass is 35.5. The van der Waals surface area contributed by atoms with Gasteiger partial charge in [-0.2, -0.15) is 0 Å². The summed E-state index contributed by atoms with van der Waals surface area (Å²) in [4.78, 5) is 30.8. The van der Waals surface area contributed by atoms with Crippen LogP contribution >= 0.6 is 11.6 Å². The fraction of sp³-hybridized carbons (Fsp3) is 0.0526. The lowest BCUT2D eigenvalue weighted by atomic mass is 10.2. The minimum absolute atomic E-state index is 0.0184. The first-order chi connectivity index (χ1) is 13.8. The van der Waals surface area contributed by atoms with Gasteiger partial charge in [0.25, 0.3) is 5.91 Å². The highest BCUT2D eigenvalue weighted by Gasteiger charge is 2.12. The van der Waals surface area contributed by atoms with Crippen molar-refractivity contribution in [3.63, 3.8) is 0 Å². The van der Waals surface area contributed by atoms with Gasteiger partial charge in [-0.05, 0) is 36.4 Å². The molecule has 1 aromatic heterocycles. The topological polar surface area (TPSA) is 133 Å². The Morgan fingerprint density at radius 3 is 2.45 bits per heavy atom. The third kappa shape index (κ3) is 5.17. The summed E-state index contributed by atoms with van der Waals surface area (Å²) in [5.41, 5.74) is 10.9. The number of aromatic nitrogens is 2. The van der Waals surface area contributed by atoms with Gasteiger partial charge in [0, 0.05) is 22.7 Å². The quantitative estimate of drug-likeness (QED) is 0.543. The maximum atomic E-state index is 13.8. The van der Waals surface area contributed by atoms with Crippen molar-refractivity contribution >= 4 is 29.2 Å². The van der Waals surface area contributed by atoms with Gasteiger partial charge >= 0.3 is 0 Å². The maximum Gasteiger partial charge on any atom is 0.267 e. The molecule has 0 fully saturated rings. The first-order valence-electron chi connectivity index (χ1n) is 8.26. The number of nitrogens with zero attached hydrogens (tertiary/aromatic N) is 2. The molecule has 0 atom stereocenters. The number of halogens is 2. The molecular formula is C19H15ClFN5O3. The molecule has 0 saturated heterocycles. The molecule has 0 radical (unpaired) electrons. The Bertz CT molecular complexity index is 1080. The van der Waals surface area contributed by atoms with Gasteiger partial charge in [0.15, 0.2) is 17.4 Å². The molecule has 3 aromatic rings. The minimum Gasteiger partial charge on any atom is -0.454 e. The number of benzene rings is 2. The number of nitrogens with two attached hydrogens (primary N) is 2. The highest BCUT2D eigenvalue weighted by molar-refractivity contribution is 6.30.